The quantitative estimate of drug-likeness (QED) is 0.661. The molecule has 0 aliphatic heterocycles. The Morgan fingerprint density at radius 2 is 2.15 bits per heavy atom. The predicted molar refractivity (Wildman–Crippen MR) is 77.9 cm³/mol. The number of nitro groups is 1. The minimum absolute atomic E-state index is 0.0920. The van der Waals surface area contributed by atoms with Crippen LogP contribution in [0.25, 0.3) is 10.9 Å². The molecular formula is C14H17N3O3. The Labute approximate surface area is 116 Å². The first-order valence-corrected chi connectivity index (χ1v) is 6.28. The number of anilines is 1. The number of benzene rings is 1. The van der Waals surface area contributed by atoms with Crippen LogP contribution < -0.4 is 5.32 Å². The summed E-state index contributed by atoms with van der Waals surface area (Å²) >= 11 is 0. The van der Waals surface area contributed by atoms with Crippen LogP contribution in [-0.4, -0.2) is 27.2 Å². The number of hydrogen-bond donors (Lipinski definition) is 2. The van der Waals surface area contributed by atoms with Crippen LogP contribution in [0.3, 0.4) is 0 Å². The molecule has 0 amide bonds. The van der Waals surface area contributed by atoms with Gasteiger partial charge in [0.25, 0.3) is 0 Å². The van der Waals surface area contributed by atoms with Crippen molar-refractivity contribution in [2.24, 2.45) is 0 Å². The van der Waals surface area contributed by atoms with Crippen molar-refractivity contribution in [1.29, 1.82) is 0 Å². The lowest BCUT2D eigenvalue weighted by Gasteiger charge is -2.19. The molecule has 0 radical (unpaired) electrons. The summed E-state index contributed by atoms with van der Waals surface area (Å²) in [5.74, 6) is 0. The number of aryl methyl sites for hydroxylation is 1. The molecule has 6 nitrogen and oxygen atoms in total. The predicted octanol–water partition coefficient (Wildman–Crippen LogP) is 2.63. The number of rotatable bonds is 4. The molecule has 1 aromatic carbocycles. The lowest BCUT2D eigenvalue weighted by Crippen LogP contribution is -2.29. The first-order chi connectivity index (χ1) is 9.28. The number of nitrogens with one attached hydrogen (secondary N) is 1. The third-order valence-corrected chi connectivity index (χ3v) is 2.90. The summed E-state index contributed by atoms with van der Waals surface area (Å²) in [6.07, 6.45) is 1.24. The first-order valence-electron chi connectivity index (χ1n) is 6.28. The van der Waals surface area contributed by atoms with E-state index in [0.717, 1.165) is 5.56 Å². The molecule has 0 bridgehead atoms. The van der Waals surface area contributed by atoms with E-state index in [2.05, 4.69) is 10.3 Å². The first kappa shape index (κ1) is 14.2. The second kappa shape index (κ2) is 5.05. The normalized spacial score (nSPS) is 11.6. The van der Waals surface area contributed by atoms with Crippen LogP contribution in [0, 0.1) is 17.0 Å². The standard InChI is InChI=1S/C14H17N3O3/c1-9-4-5-10-11(6-9)15-7-12(17(19)20)13(10)16-8-14(2,3)18/h4-7,18H,8H2,1-3H3,(H,15,16). The molecule has 0 saturated heterocycles. The average Bonchev–Trinajstić information content (AvgIpc) is 2.34. The van der Waals surface area contributed by atoms with Gasteiger partial charge in [0.15, 0.2) is 0 Å². The SMILES string of the molecule is Cc1ccc2c(NCC(C)(C)O)c([N+](=O)[O-])cnc2c1. The topological polar surface area (TPSA) is 88.3 Å². The molecule has 0 aliphatic rings. The fourth-order valence-electron chi connectivity index (χ4n) is 1.92. The lowest BCUT2D eigenvalue weighted by atomic mass is 10.1. The molecule has 0 unspecified atom stereocenters. The third kappa shape index (κ3) is 3.03. The number of aliphatic hydroxyl groups is 1. The van der Waals surface area contributed by atoms with Gasteiger partial charge < -0.3 is 10.4 Å². The highest BCUT2D eigenvalue weighted by atomic mass is 16.6. The van der Waals surface area contributed by atoms with Crippen molar-refractivity contribution in [2.75, 3.05) is 11.9 Å². The second-order valence-corrected chi connectivity index (χ2v) is 5.46. The van der Waals surface area contributed by atoms with E-state index in [4.69, 9.17) is 0 Å². The number of fused-ring (bicyclic) bond motifs is 1. The maximum absolute atomic E-state index is 11.1. The molecule has 0 fully saturated rings. The minimum atomic E-state index is -0.964. The number of pyridine rings is 1. The monoisotopic (exact) mass is 275 g/mol. The summed E-state index contributed by atoms with van der Waals surface area (Å²) in [6, 6.07) is 5.55. The van der Waals surface area contributed by atoms with Crippen molar-refractivity contribution in [1.82, 2.24) is 4.98 Å². The van der Waals surface area contributed by atoms with Crippen LogP contribution in [-0.2, 0) is 0 Å². The summed E-state index contributed by atoms with van der Waals surface area (Å²) in [7, 11) is 0. The van der Waals surface area contributed by atoms with E-state index in [1.54, 1.807) is 19.9 Å². The zero-order valence-electron chi connectivity index (χ0n) is 11.7. The molecule has 1 heterocycles. The molecule has 106 valence electrons. The zero-order chi connectivity index (χ0) is 14.9. The number of aromatic nitrogens is 1. The van der Waals surface area contributed by atoms with E-state index in [-0.39, 0.29) is 12.2 Å². The van der Waals surface area contributed by atoms with Gasteiger partial charge in [0.05, 0.1) is 16.0 Å². The Hall–Kier alpha value is -2.21. The van der Waals surface area contributed by atoms with Gasteiger partial charge in [-0.25, -0.2) is 4.98 Å². The van der Waals surface area contributed by atoms with E-state index in [9.17, 15) is 15.2 Å². The minimum Gasteiger partial charge on any atom is -0.389 e. The maximum Gasteiger partial charge on any atom is 0.311 e. The van der Waals surface area contributed by atoms with Crippen molar-refractivity contribution in [2.45, 2.75) is 26.4 Å². The molecule has 6 heteroatoms. The molecule has 1 aromatic heterocycles. The van der Waals surface area contributed by atoms with Gasteiger partial charge >= 0.3 is 5.69 Å². The molecule has 0 spiro atoms. The Morgan fingerprint density at radius 3 is 2.75 bits per heavy atom. The van der Waals surface area contributed by atoms with E-state index < -0.39 is 10.5 Å². The summed E-state index contributed by atoms with van der Waals surface area (Å²) in [5, 5.41) is 24.5. The van der Waals surface area contributed by atoms with Gasteiger partial charge in [-0.1, -0.05) is 12.1 Å². The van der Waals surface area contributed by atoms with E-state index in [1.807, 2.05) is 19.1 Å². The van der Waals surface area contributed by atoms with Crippen molar-refractivity contribution < 1.29 is 10.0 Å². The smallest absolute Gasteiger partial charge is 0.311 e. The van der Waals surface area contributed by atoms with Crippen molar-refractivity contribution in [3.63, 3.8) is 0 Å². The molecule has 2 rings (SSSR count). The van der Waals surface area contributed by atoms with Crippen LogP contribution in [0.15, 0.2) is 24.4 Å². The van der Waals surface area contributed by atoms with E-state index in [0.29, 0.717) is 16.6 Å². The van der Waals surface area contributed by atoms with Crippen LogP contribution >= 0.6 is 0 Å². The number of nitrogens with zero attached hydrogens (tertiary/aromatic N) is 2. The largest absolute Gasteiger partial charge is 0.389 e. The van der Waals surface area contributed by atoms with Crippen LogP contribution in [0.5, 0.6) is 0 Å². The summed E-state index contributed by atoms with van der Waals surface area (Å²) < 4.78 is 0. The van der Waals surface area contributed by atoms with Gasteiger partial charge in [-0.05, 0) is 32.4 Å². The molecule has 0 atom stereocenters. The summed E-state index contributed by atoms with van der Waals surface area (Å²) in [6.45, 7) is 5.42. The molecular weight excluding hydrogens is 258 g/mol. The van der Waals surface area contributed by atoms with Crippen LogP contribution in [0.4, 0.5) is 11.4 Å². The van der Waals surface area contributed by atoms with Gasteiger partial charge in [-0.3, -0.25) is 10.1 Å². The van der Waals surface area contributed by atoms with Crippen LogP contribution in [0.1, 0.15) is 19.4 Å². The lowest BCUT2D eigenvalue weighted by molar-refractivity contribution is -0.384. The number of hydrogen-bond acceptors (Lipinski definition) is 5. The maximum atomic E-state index is 11.1. The molecule has 0 aliphatic carbocycles. The zero-order valence-corrected chi connectivity index (χ0v) is 11.7. The molecule has 2 N–H and O–H groups in total. The third-order valence-electron chi connectivity index (χ3n) is 2.90. The highest BCUT2D eigenvalue weighted by Crippen LogP contribution is 2.32. The summed E-state index contributed by atoms with van der Waals surface area (Å²) in [4.78, 5) is 14.8. The van der Waals surface area contributed by atoms with Gasteiger partial charge in [0.2, 0.25) is 0 Å². The highest BCUT2D eigenvalue weighted by Gasteiger charge is 2.20. The highest BCUT2D eigenvalue weighted by molar-refractivity contribution is 5.96. The summed E-state index contributed by atoms with van der Waals surface area (Å²) in [5.41, 5.74) is 1.06. The Bertz CT molecular complexity index is 662. The Morgan fingerprint density at radius 1 is 1.45 bits per heavy atom. The van der Waals surface area contributed by atoms with Crippen molar-refractivity contribution >= 4 is 22.3 Å². The van der Waals surface area contributed by atoms with Gasteiger partial charge in [-0.15, -0.1) is 0 Å². The van der Waals surface area contributed by atoms with E-state index >= 15 is 0 Å². The van der Waals surface area contributed by atoms with Gasteiger partial charge in [-0.2, -0.15) is 0 Å². The second-order valence-electron chi connectivity index (χ2n) is 5.46. The molecule has 2 aromatic rings. The fraction of sp³-hybridized carbons (Fsp3) is 0.357. The molecule has 0 saturated carbocycles. The van der Waals surface area contributed by atoms with Crippen molar-refractivity contribution in [3.8, 4) is 0 Å². The fourth-order valence-corrected chi connectivity index (χ4v) is 1.92. The van der Waals surface area contributed by atoms with Crippen molar-refractivity contribution in [3.05, 3.63) is 40.1 Å². The average molecular weight is 275 g/mol. The Balaban J connectivity index is 2.56. The van der Waals surface area contributed by atoms with Crippen LogP contribution in [0.2, 0.25) is 0 Å². The Kier molecular flexibility index (Phi) is 3.59. The van der Waals surface area contributed by atoms with Gasteiger partial charge in [0.1, 0.15) is 11.9 Å². The molecule has 20 heavy (non-hydrogen) atoms. The van der Waals surface area contributed by atoms with E-state index in [1.165, 1.54) is 6.20 Å². The van der Waals surface area contributed by atoms with Gasteiger partial charge in [0, 0.05) is 11.9 Å².